The summed E-state index contributed by atoms with van der Waals surface area (Å²) in [5.41, 5.74) is 6.31. The van der Waals surface area contributed by atoms with Gasteiger partial charge in [-0.15, -0.1) is 0 Å². The molecule has 1 aromatic heterocycles. The number of fused-ring (bicyclic) bond motifs is 1. The van der Waals surface area contributed by atoms with Crippen molar-refractivity contribution >= 4 is 11.5 Å². The molecule has 28 heavy (non-hydrogen) atoms. The summed E-state index contributed by atoms with van der Waals surface area (Å²) in [4.78, 5) is 7.04. The number of aryl methyl sites for hydroxylation is 1. The van der Waals surface area contributed by atoms with Crippen LogP contribution in [0.2, 0.25) is 0 Å². The summed E-state index contributed by atoms with van der Waals surface area (Å²) < 4.78 is 5.78. The van der Waals surface area contributed by atoms with Crippen LogP contribution in [-0.4, -0.2) is 18.6 Å². The second-order valence-electron chi connectivity index (χ2n) is 8.46. The predicted octanol–water partition coefficient (Wildman–Crippen LogP) is 6.14. The quantitative estimate of drug-likeness (QED) is 0.552. The predicted molar refractivity (Wildman–Crippen MR) is 117 cm³/mol. The number of methoxy groups -OCH3 is 1. The topological polar surface area (TPSA) is 25.4 Å². The second kappa shape index (κ2) is 7.31. The molecule has 0 atom stereocenters. The van der Waals surface area contributed by atoms with E-state index in [1.54, 1.807) is 7.11 Å². The highest BCUT2D eigenvalue weighted by Crippen LogP contribution is 2.41. The zero-order valence-electron chi connectivity index (χ0n) is 17.2. The third-order valence-electron chi connectivity index (χ3n) is 5.49. The molecule has 1 aliphatic rings. The van der Waals surface area contributed by atoms with E-state index in [0.717, 1.165) is 36.5 Å². The number of benzene rings is 2. The van der Waals surface area contributed by atoms with E-state index in [0.29, 0.717) is 0 Å². The Morgan fingerprint density at radius 2 is 1.79 bits per heavy atom. The molecule has 0 amide bonds. The number of ether oxygens (including phenoxy) is 1. The molecule has 1 aliphatic heterocycles. The molecule has 0 radical (unpaired) electrons. The van der Waals surface area contributed by atoms with Crippen LogP contribution in [0.3, 0.4) is 0 Å². The summed E-state index contributed by atoms with van der Waals surface area (Å²) in [6.07, 6.45) is 4.13. The van der Waals surface area contributed by atoms with E-state index in [2.05, 4.69) is 74.2 Å². The van der Waals surface area contributed by atoms with Crippen LogP contribution in [0, 0.1) is 0 Å². The average molecular weight is 373 g/mol. The van der Waals surface area contributed by atoms with Gasteiger partial charge in [-0.3, -0.25) is 0 Å². The number of pyridine rings is 1. The molecule has 3 aromatic rings. The number of anilines is 2. The summed E-state index contributed by atoms with van der Waals surface area (Å²) >= 11 is 0. The summed E-state index contributed by atoms with van der Waals surface area (Å²) in [6.45, 7) is 7.70. The van der Waals surface area contributed by atoms with Crippen molar-refractivity contribution in [2.24, 2.45) is 0 Å². The Morgan fingerprint density at radius 3 is 2.50 bits per heavy atom. The van der Waals surface area contributed by atoms with Crippen LogP contribution in [0.4, 0.5) is 11.5 Å². The summed E-state index contributed by atoms with van der Waals surface area (Å²) in [7, 11) is 1.75. The maximum atomic E-state index is 5.78. The fraction of sp³-hybridized carbons (Fsp3) is 0.320. The lowest BCUT2D eigenvalue weighted by molar-refractivity contribution is 0.416. The van der Waals surface area contributed by atoms with Crippen molar-refractivity contribution in [3.05, 3.63) is 71.9 Å². The van der Waals surface area contributed by atoms with Gasteiger partial charge in [-0.25, -0.2) is 4.98 Å². The van der Waals surface area contributed by atoms with Gasteiger partial charge < -0.3 is 9.64 Å². The van der Waals surface area contributed by atoms with Crippen molar-refractivity contribution in [2.45, 2.75) is 39.0 Å². The van der Waals surface area contributed by atoms with Crippen molar-refractivity contribution in [3.63, 3.8) is 0 Å². The average Bonchev–Trinajstić information content (AvgIpc) is 2.72. The van der Waals surface area contributed by atoms with Crippen molar-refractivity contribution in [2.75, 3.05) is 18.6 Å². The first kappa shape index (κ1) is 18.5. The largest absolute Gasteiger partial charge is 0.496 e. The van der Waals surface area contributed by atoms with Gasteiger partial charge in [0.15, 0.2) is 0 Å². The van der Waals surface area contributed by atoms with Crippen LogP contribution in [0.15, 0.2) is 60.8 Å². The molecule has 0 saturated heterocycles. The standard InChI is InChI=1S/C25H28N2O/c1-25(2,3)20-12-13-26-24(16-20)27-14-8-11-19-15-21(18-9-6-5-7-10-18)23(28-4)17-22(19)27/h5-7,9-10,12-13,15-17H,8,11,14H2,1-4H3. The lowest BCUT2D eigenvalue weighted by Gasteiger charge is -2.32. The van der Waals surface area contributed by atoms with E-state index >= 15 is 0 Å². The van der Waals surface area contributed by atoms with Gasteiger partial charge in [-0.1, -0.05) is 51.1 Å². The first-order chi connectivity index (χ1) is 13.5. The molecular weight excluding hydrogens is 344 g/mol. The van der Waals surface area contributed by atoms with Gasteiger partial charge >= 0.3 is 0 Å². The molecule has 0 spiro atoms. The number of hydrogen-bond acceptors (Lipinski definition) is 3. The van der Waals surface area contributed by atoms with Gasteiger partial charge in [0.1, 0.15) is 11.6 Å². The minimum atomic E-state index is 0.102. The SMILES string of the molecule is COc1cc2c(cc1-c1ccccc1)CCCN2c1cc(C(C)(C)C)ccn1. The molecule has 0 unspecified atom stereocenters. The molecule has 0 aliphatic carbocycles. The highest BCUT2D eigenvalue weighted by molar-refractivity contribution is 5.78. The van der Waals surface area contributed by atoms with E-state index in [1.807, 2.05) is 12.3 Å². The molecule has 3 nitrogen and oxygen atoms in total. The van der Waals surface area contributed by atoms with Gasteiger partial charge in [-0.2, -0.15) is 0 Å². The highest BCUT2D eigenvalue weighted by Gasteiger charge is 2.23. The molecule has 144 valence electrons. The third kappa shape index (κ3) is 3.49. The molecular formula is C25H28N2O. The minimum absolute atomic E-state index is 0.102. The van der Waals surface area contributed by atoms with Crippen LogP contribution in [-0.2, 0) is 11.8 Å². The highest BCUT2D eigenvalue weighted by atomic mass is 16.5. The van der Waals surface area contributed by atoms with Gasteiger partial charge in [0, 0.05) is 30.1 Å². The fourth-order valence-corrected chi connectivity index (χ4v) is 3.90. The van der Waals surface area contributed by atoms with Crippen LogP contribution in [0.1, 0.15) is 38.3 Å². The Labute approximate surface area is 168 Å². The maximum Gasteiger partial charge on any atom is 0.133 e. The number of hydrogen-bond donors (Lipinski definition) is 0. The summed E-state index contributed by atoms with van der Waals surface area (Å²) in [6, 6.07) is 19.3. The van der Waals surface area contributed by atoms with Crippen molar-refractivity contribution < 1.29 is 4.74 Å². The number of rotatable bonds is 3. The fourth-order valence-electron chi connectivity index (χ4n) is 3.90. The van der Waals surface area contributed by atoms with Crippen molar-refractivity contribution in [3.8, 4) is 16.9 Å². The molecule has 0 saturated carbocycles. The van der Waals surface area contributed by atoms with Crippen LogP contribution in [0.5, 0.6) is 5.75 Å². The Bertz CT molecular complexity index is 974. The number of nitrogens with zero attached hydrogens (tertiary/aromatic N) is 2. The van der Waals surface area contributed by atoms with E-state index < -0.39 is 0 Å². The lowest BCUT2D eigenvalue weighted by atomic mass is 9.87. The molecule has 2 heterocycles. The molecule has 0 bridgehead atoms. The normalized spacial score (nSPS) is 13.9. The van der Waals surface area contributed by atoms with Crippen molar-refractivity contribution in [1.82, 2.24) is 4.98 Å². The second-order valence-corrected chi connectivity index (χ2v) is 8.46. The monoisotopic (exact) mass is 372 g/mol. The van der Waals surface area contributed by atoms with Gasteiger partial charge in [0.05, 0.1) is 7.11 Å². The van der Waals surface area contributed by atoms with Gasteiger partial charge in [0.2, 0.25) is 0 Å². The van der Waals surface area contributed by atoms with Gasteiger partial charge in [-0.05, 0) is 53.1 Å². The Morgan fingerprint density at radius 1 is 1.00 bits per heavy atom. The summed E-state index contributed by atoms with van der Waals surface area (Å²) in [5.74, 6) is 1.92. The van der Waals surface area contributed by atoms with Crippen LogP contribution in [0.25, 0.3) is 11.1 Å². The van der Waals surface area contributed by atoms with Crippen molar-refractivity contribution in [1.29, 1.82) is 0 Å². The van der Waals surface area contributed by atoms with E-state index in [1.165, 1.54) is 22.4 Å². The van der Waals surface area contributed by atoms with E-state index in [-0.39, 0.29) is 5.41 Å². The lowest BCUT2D eigenvalue weighted by Crippen LogP contribution is -2.26. The Balaban J connectivity index is 1.80. The molecule has 0 fully saturated rings. The molecule has 0 N–H and O–H groups in total. The summed E-state index contributed by atoms with van der Waals surface area (Å²) in [5, 5.41) is 0. The Hall–Kier alpha value is -2.81. The number of aromatic nitrogens is 1. The third-order valence-corrected chi connectivity index (χ3v) is 5.49. The first-order valence-electron chi connectivity index (χ1n) is 9.98. The van der Waals surface area contributed by atoms with Gasteiger partial charge in [0.25, 0.3) is 0 Å². The minimum Gasteiger partial charge on any atom is -0.496 e. The van der Waals surface area contributed by atoms with E-state index in [4.69, 9.17) is 9.72 Å². The maximum absolute atomic E-state index is 5.78. The first-order valence-corrected chi connectivity index (χ1v) is 9.98. The molecule has 4 rings (SSSR count). The smallest absolute Gasteiger partial charge is 0.133 e. The zero-order valence-corrected chi connectivity index (χ0v) is 17.2. The molecule has 2 aromatic carbocycles. The molecule has 3 heteroatoms. The van der Waals surface area contributed by atoms with Crippen LogP contribution < -0.4 is 9.64 Å². The zero-order chi connectivity index (χ0) is 19.7. The van der Waals surface area contributed by atoms with Crippen LogP contribution >= 0.6 is 0 Å². The Kier molecular flexibility index (Phi) is 4.84. The van der Waals surface area contributed by atoms with E-state index in [9.17, 15) is 0 Å².